The van der Waals surface area contributed by atoms with Gasteiger partial charge in [-0.15, -0.1) is 0 Å². The summed E-state index contributed by atoms with van der Waals surface area (Å²) in [7, 11) is 0. The van der Waals surface area contributed by atoms with Gasteiger partial charge in [0.15, 0.2) is 0 Å². The molecule has 0 aliphatic heterocycles. The molecule has 1 rings (SSSR count). The van der Waals surface area contributed by atoms with Gasteiger partial charge >= 0.3 is 0 Å². The standard InChI is InChI=1S/C10H12FNOS/c1-2-7-12-10(13)14-9-5-3-8(11)4-6-9/h3-6H,2,7H2,1H3,(H,12,13). The molecule has 2 nitrogen and oxygen atoms in total. The van der Waals surface area contributed by atoms with Crippen LogP contribution < -0.4 is 5.32 Å². The van der Waals surface area contributed by atoms with Gasteiger partial charge < -0.3 is 5.32 Å². The molecule has 0 aromatic heterocycles. The largest absolute Gasteiger partial charge is 0.347 e. The summed E-state index contributed by atoms with van der Waals surface area (Å²) in [6, 6.07) is 5.86. The number of rotatable bonds is 3. The van der Waals surface area contributed by atoms with Crippen molar-refractivity contribution in [3.63, 3.8) is 0 Å². The van der Waals surface area contributed by atoms with E-state index in [0.717, 1.165) is 23.1 Å². The molecule has 0 heterocycles. The number of halogens is 1. The van der Waals surface area contributed by atoms with Crippen molar-refractivity contribution < 1.29 is 9.18 Å². The van der Waals surface area contributed by atoms with Crippen LogP contribution in [0.2, 0.25) is 0 Å². The van der Waals surface area contributed by atoms with E-state index in [2.05, 4.69) is 5.32 Å². The Bertz CT molecular complexity index is 299. The Morgan fingerprint density at radius 3 is 2.64 bits per heavy atom. The maximum Gasteiger partial charge on any atom is 0.283 e. The molecule has 0 aliphatic rings. The molecule has 0 atom stereocenters. The molecule has 14 heavy (non-hydrogen) atoms. The van der Waals surface area contributed by atoms with Crippen LogP contribution in [0, 0.1) is 5.82 Å². The lowest BCUT2D eigenvalue weighted by Crippen LogP contribution is -2.18. The SMILES string of the molecule is CCCNC(=O)Sc1ccc(F)cc1. The molecule has 76 valence electrons. The predicted octanol–water partition coefficient (Wildman–Crippen LogP) is 3.04. The van der Waals surface area contributed by atoms with Gasteiger partial charge in [-0.2, -0.15) is 0 Å². The fraction of sp³-hybridized carbons (Fsp3) is 0.300. The third-order valence-electron chi connectivity index (χ3n) is 1.54. The molecule has 0 bridgehead atoms. The van der Waals surface area contributed by atoms with Crippen molar-refractivity contribution in [2.45, 2.75) is 18.2 Å². The predicted molar refractivity (Wildman–Crippen MR) is 55.9 cm³/mol. The summed E-state index contributed by atoms with van der Waals surface area (Å²) in [6.07, 6.45) is 0.912. The van der Waals surface area contributed by atoms with Gasteiger partial charge in [0.05, 0.1) is 0 Å². The molecule has 0 saturated heterocycles. The van der Waals surface area contributed by atoms with E-state index in [4.69, 9.17) is 0 Å². The Morgan fingerprint density at radius 2 is 2.07 bits per heavy atom. The van der Waals surface area contributed by atoms with Crippen LogP contribution in [-0.2, 0) is 0 Å². The van der Waals surface area contributed by atoms with E-state index in [0.29, 0.717) is 6.54 Å². The minimum atomic E-state index is -0.289. The van der Waals surface area contributed by atoms with E-state index < -0.39 is 0 Å². The zero-order valence-electron chi connectivity index (χ0n) is 7.92. The fourth-order valence-electron chi connectivity index (χ4n) is 0.873. The minimum absolute atomic E-state index is 0.0986. The zero-order valence-corrected chi connectivity index (χ0v) is 8.73. The van der Waals surface area contributed by atoms with Crippen molar-refractivity contribution in [1.29, 1.82) is 0 Å². The molecule has 0 unspecified atom stereocenters. The number of thioether (sulfide) groups is 1. The smallest absolute Gasteiger partial charge is 0.283 e. The van der Waals surface area contributed by atoms with Gasteiger partial charge in [-0.3, -0.25) is 4.79 Å². The van der Waals surface area contributed by atoms with Crippen LogP contribution in [0.5, 0.6) is 0 Å². The summed E-state index contributed by atoms with van der Waals surface area (Å²) in [5, 5.41) is 2.63. The van der Waals surface area contributed by atoms with Gasteiger partial charge in [-0.25, -0.2) is 4.39 Å². The number of amides is 1. The number of carbonyl (C=O) groups excluding carboxylic acids is 1. The van der Waals surface area contributed by atoms with Gasteiger partial charge in [-0.1, -0.05) is 6.92 Å². The number of nitrogens with one attached hydrogen (secondary N) is 1. The number of hydrogen-bond donors (Lipinski definition) is 1. The quantitative estimate of drug-likeness (QED) is 0.782. The van der Waals surface area contributed by atoms with Gasteiger partial charge in [0.1, 0.15) is 5.82 Å². The zero-order chi connectivity index (χ0) is 10.4. The lowest BCUT2D eigenvalue weighted by Gasteiger charge is -2.02. The molecular formula is C10H12FNOS. The van der Waals surface area contributed by atoms with Gasteiger partial charge in [0.25, 0.3) is 5.24 Å². The van der Waals surface area contributed by atoms with Crippen molar-refractivity contribution >= 4 is 17.0 Å². The minimum Gasteiger partial charge on any atom is -0.347 e. The molecule has 1 amide bonds. The van der Waals surface area contributed by atoms with E-state index in [9.17, 15) is 9.18 Å². The summed E-state index contributed by atoms with van der Waals surface area (Å²) in [6.45, 7) is 2.66. The summed E-state index contributed by atoms with van der Waals surface area (Å²) in [5.41, 5.74) is 0. The van der Waals surface area contributed by atoms with E-state index in [1.165, 1.54) is 12.1 Å². The average Bonchev–Trinajstić information content (AvgIpc) is 2.18. The van der Waals surface area contributed by atoms with Crippen LogP contribution >= 0.6 is 11.8 Å². The van der Waals surface area contributed by atoms with E-state index in [1.807, 2.05) is 6.92 Å². The van der Waals surface area contributed by atoms with Crippen LogP contribution in [0.25, 0.3) is 0 Å². The average molecular weight is 213 g/mol. The third kappa shape index (κ3) is 3.79. The fourth-order valence-corrected chi connectivity index (χ4v) is 1.53. The number of carbonyl (C=O) groups is 1. The molecule has 1 aromatic carbocycles. The van der Waals surface area contributed by atoms with Crippen molar-refractivity contribution in [3.8, 4) is 0 Å². The monoisotopic (exact) mass is 213 g/mol. The molecule has 0 saturated carbocycles. The van der Waals surface area contributed by atoms with Gasteiger partial charge in [0, 0.05) is 11.4 Å². The van der Waals surface area contributed by atoms with Crippen molar-refractivity contribution in [1.82, 2.24) is 5.32 Å². The molecular weight excluding hydrogens is 201 g/mol. The highest BCUT2D eigenvalue weighted by molar-refractivity contribution is 8.13. The second-order valence-electron chi connectivity index (χ2n) is 2.77. The Hall–Kier alpha value is -1.03. The highest BCUT2D eigenvalue weighted by atomic mass is 32.2. The van der Waals surface area contributed by atoms with Crippen LogP contribution in [0.1, 0.15) is 13.3 Å². The first-order valence-corrected chi connectivity index (χ1v) is 5.25. The summed E-state index contributed by atoms with van der Waals surface area (Å²) in [4.78, 5) is 12.0. The van der Waals surface area contributed by atoms with Gasteiger partial charge in [-0.05, 0) is 42.4 Å². The Labute approximate surface area is 86.9 Å². The molecule has 0 spiro atoms. The lowest BCUT2D eigenvalue weighted by atomic mass is 10.4. The second-order valence-corrected chi connectivity index (χ2v) is 3.82. The first-order valence-electron chi connectivity index (χ1n) is 4.43. The van der Waals surface area contributed by atoms with Crippen LogP contribution in [0.3, 0.4) is 0 Å². The summed E-state index contributed by atoms with van der Waals surface area (Å²) in [5.74, 6) is -0.289. The van der Waals surface area contributed by atoms with Crippen LogP contribution in [-0.4, -0.2) is 11.8 Å². The van der Waals surface area contributed by atoms with E-state index >= 15 is 0 Å². The van der Waals surface area contributed by atoms with E-state index in [-0.39, 0.29) is 11.1 Å². The first-order chi connectivity index (χ1) is 6.72. The molecule has 4 heteroatoms. The third-order valence-corrected chi connectivity index (χ3v) is 2.38. The van der Waals surface area contributed by atoms with Crippen molar-refractivity contribution in [2.75, 3.05) is 6.54 Å². The molecule has 0 radical (unpaired) electrons. The Kier molecular flexibility index (Phi) is 4.46. The van der Waals surface area contributed by atoms with E-state index in [1.54, 1.807) is 12.1 Å². The Balaban J connectivity index is 2.44. The molecule has 1 N–H and O–H groups in total. The summed E-state index contributed by atoms with van der Waals surface area (Å²) >= 11 is 1.08. The molecule has 0 fully saturated rings. The maximum absolute atomic E-state index is 12.5. The van der Waals surface area contributed by atoms with Crippen molar-refractivity contribution in [2.24, 2.45) is 0 Å². The normalized spacial score (nSPS) is 9.86. The number of benzene rings is 1. The topological polar surface area (TPSA) is 29.1 Å². The van der Waals surface area contributed by atoms with Crippen molar-refractivity contribution in [3.05, 3.63) is 30.1 Å². The Morgan fingerprint density at radius 1 is 1.43 bits per heavy atom. The highest BCUT2D eigenvalue weighted by Gasteiger charge is 2.02. The maximum atomic E-state index is 12.5. The summed E-state index contributed by atoms with van der Waals surface area (Å²) < 4.78 is 12.5. The highest BCUT2D eigenvalue weighted by Crippen LogP contribution is 2.18. The van der Waals surface area contributed by atoms with Gasteiger partial charge in [0.2, 0.25) is 0 Å². The second kappa shape index (κ2) is 5.65. The van der Waals surface area contributed by atoms with Crippen LogP contribution in [0.15, 0.2) is 29.2 Å². The van der Waals surface area contributed by atoms with Crippen LogP contribution in [0.4, 0.5) is 9.18 Å². The molecule has 1 aromatic rings. The number of hydrogen-bond acceptors (Lipinski definition) is 2. The lowest BCUT2D eigenvalue weighted by molar-refractivity contribution is 0.260. The molecule has 0 aliphatic carbocycles. The first kappa shape index (κ1) is 11.0.